The quantitative estimate of drug-likeness (QED) is 0.495. The van der Waals surface area contributed by atoms with Crippen LogP contribution in [0.3, 0.4) is 0 Å². The number of aromatic nitrogens is 1. The maximum Gasteiger partial charge on any atom is 0.322 e. The van der Waals surface area contributed by atoms with Crippen molar-refractivity contribution in [3.8, 4) is 6.07 Å². The van der Waals surface area contributed by atoms with E-state index in [1.807, 2.05) is 0 Å². The van der Waals surface area contributed by atoms with Crippen LogP contribution in [0.25, 0.3) is 0 Å². The van der Waals surface area contributed by atoms with E-state index in [0.717, 1.165) is 6.20 Å². The van der Waals surface area contributed by atoms with Crippen molar-refractivity contribution in [2.24, 2.45) is 0 Å². The minimum atomic E-state index is -1.19. The Morgan fingerprint density at radius 3 is 2.89 bits per heavy atom. The second-order valence-corrected chi connectivity index (χ2v) is 3.21. The average molecular weight is 250 g/mol. The standard InChI is InChI=1S/C10H10N4O4/c1-6-2-8(14-18-6)12-4-7(3-11)10(17)13-5-9(15)16/h2,4H,5H2,1H3,(H,12,14)(H,13,17)(H,15,16)/b7-4-. The van der Waals surface area contributed by atoms with E-state index in [1.54, 1.807) is 19.1 Å². The Balaban J connectivity index is 2.63. The molecule has 1 aromatic rings. The fourth-order valence-electron chi connectivity index (χ4n) is 0.980. The number of carbonyl (C=O) groups excluding carboxylic acids is 1. The molecule has 1 heterocycles. The summed E-state index contributed by atoms with van der Waals surface area (Å²) in [6, 6.07) is 3.21. The lowest BCUT2D eigenvalue weighted by atomic mass is 10.3. The number of nitrogens with zero attached hydrogens (tertiary/aromatic N) is 2. The molecule has 0 unspecified atom stereocenters. The molecule has 18 heavy (non-hydrogen) atoms. The molecule has 0 radical (unpaired) electrons. The van der Waals surface area contributed by atoms with E-state index < -0.39 is 18.4 Å². The Kier molecular flexibility index (Phi) is 4.45. The summed E-state index contributed by atoms with van der Waals surface area (Å²) in [6.45, 7) is 1.13. The second kappa shape index (κ2) is 6.05. The number of anilines is 1. The molecule has 94 valence electrons. The van der Waals surface area contributed by atoms with E-state index in [9.17, 15) is 9.59 Å². The smallest absolute Gasteiger partial charge is 0.322 e. The van der Waals surface area contributed by atoms with Gasteiger partial charge in [-0.2, -0.15) is 5.26 Å². The van der Waals surface area contributed by atoms with Gasteiger partial charge in [-0.1, -0.05) is 5.16 Å². The summed E-state index contributed by atoms with van der Waals surface area (Å²) in [7, 11) is 0. The Hall–Kier alpha value is -2.82. The van der Waals surface area contributed by atoms with E-state index in [1.165, 1.54) is 0 Å². The number of amides is 1. The predicted octanol–water partition coefficient (Wildman–Crippen LogP) is 0.00320. The number of nitrogens with one attached hydrogen (secondary N) is 2. The summed E-state index contributed by atoms with van der Waals surface area (Å²) < 4.78 is 4.77. The molecule has 0 fully saturated rings. The molecule has 0 atom stereocenters. The molecule has 8 nitrogen and oxygen atoms in total. The van der Waals surface area contributed by atoms with Crippen molar-refractivity contribution in [2.75, 3.05) is 11.9 Å². The number of carboxylic acid groups (broad SMARTS) is 1. The number of rotatable bonds is 5. The van der Waals surface area contributed by atoms with Crippen LogP contribution in [-0.4, -0.2) is 28.7 Å². The van der Waals surface area contributed by atoms with Crippen LogP contribution >= 0.6 is 0 Å². The molecule has 0 aliphatic carbocycles. The number of nitriles is 1. The zero-order chi connectivity index (χ0) is 13.5. The number of aryl methyl sites for hydroxylation is 1. The first-order chi connectivity index (χ1) is 8.52. The molecule has 0 aliphatic heterocycles. The zero-order valence-corrected chi connectivity index (χ0v) is 9.43. The lowest BCUT2D eigenvalue weighted by Gasteiger charge is -2.00. The SMILES string of the molecule is Cc1cc(N/C=C(/C#N)C(=O)NCC(=O)O)no1. The van der Waals surface area contributed by atoms with Gasteiger partial charge in [0.1, 0.15) is 23.9 Å². The van der Waals surface area contributed by atoms with Gasteiger partial charge in [-0.05, 0) is 6.92 Å². The van der Waals surface area contributed by atoms with Gasteiger partial charge in [0.15, 0.2) is 5.82 Å². The third-order valence-corrected chi connectivity index (χ3v) is 1.76. The molecule has 0 aromatic carbocycles. The van der Waals surface area contributed by atoms with Gasteiger partial charge < -0.3 is 20.3 Å². The topological polar surface area (TPSA) is 128 Å². The van der Waals surface area contributed by atoms with Crippen LogP contribution in [0.5, 0.6) is 0 Å². The van der Waals surface area contributed by atoms with Crippen molar-refractivity contribution in [3.63, 3.8) is 0 Å². The normalized spacial score (nSPS) is 10.6. The summed E-state index contributed by atoms with van der Waals surface area (Å²) in [4.78, 5) is 21.6. The van der Waals surface area contributed by atoms with Crippen molar-refractivity contribution in [1.29, 1.82) is 5.26 Å². The number of hydrogen-bond acceptors (Lipinski definition) is 6. The highest BCUT2D eigenvalue weighted by Crippen LogP contribution is 2.07. The van der Waals surface area contributed by atoms with Crippen molar-refractivity contribution >= 4 is 17.7 Å². The van der Waals surface area contributed by atoms with Crippen molar-refractivity contribution in [1.82, 2.24) is 10.5 Å². The minimum absolute atomic E-state index is 0.267. The van der Waals surface area contributed by atoms with Crippen LogP contribution in [0, 0.1) is 18.3 Å². The third-order valence-electron chi connectivity index (χ3n) is 1.76. The Morgan fingerprint density at radius 1 is 1.67 bits per heavy atom. The number of carbonyl (C=O) groups is 2. The molecule has 1 rings (SSSR count). The molecule has 8 heteroatoms. The molecule has 1 amide bonds. The lowest BCUT2D eigenvalue weighted by Crippen LogP contribution is -2.30. The average Bonchev–Trinajstić information content (AvgIpc) is 2.73. The molecule has 0 aliphatic rings. The van der Waals surface area contributed by atoms with E-state index >= 15 is 0 Å². The van der Waals surface area contributed by atoms with Gasteiger partial charge in [0.05, 0.1) is 0 Å². The van der Waals surface area contributed by atoms with Crippen molar-refractivity contribution in [2.45, 2.75) is 6.92 Å². The van der Waals surface area contributed by atoms with Gasteiger partial charge in [0.2, 0.25) is 0 Å². The van der Waals surface area contributed by atoms with Gasteiger partial charge in [-0.25, -0.2) is 0 Å². The van der Waals surface area contributed by atoms with Crippen LogP contribution < -0.4 is 10.6 Å². The summed E-state index contributed by atoms with van der Waals surface area (Å²) in [5.41, 5.74) is -0.267. The molecular weight excluding hydrogens is 240 g/mol. The summed E-state index contributed by atoms with van der Waals surface area (Å²) in [5, 5.41) is 25.3. The van der Waals surface area contributed by atoms with Crippen LogP contribution in [-0.2, 0) is 9.59 Å². The fourth-order valence-corrected chi connectivity index (χ4v) is 0.980. The predicted molar refractivity (Wildman–Crippen MR) is 59.2 cm³/mol. The fraction of sp³-hybridized carbons (Fsp3) is 0.200. The maximum atomic E-state index is 11.4. The Morgan fingerprint density at radius 2 is 2.39 bits per heavy atom. The highest BCUT2D eigenvalue weighted by molar-refractivity contribution is 5.98. The molecule has 0 saturated heterocycles. The monoisotopic (exact) mass is 250 g/mol. The van der Waals surface area contributed by atoms with Crippen LogP contribution in [0.15, 0.2) is 22.4 Å². The van der Waals surface area contributed by atoms with E-state index in [4.69, 9.17) is 14.9 Å². The minimum Gasteiger partial charge on any atom is -0.480 e. The first-order valence-corrected chi connectivity index (χ1v) is 4.83. The first-order valence-electron chi connectivity index (χ1n) is 4.83. The number of aliphatic carboxylic acids is 1. The maximum absolute atomic E-state index is 11.4. The first kappa shape index (κ1) is 13.2. The highest BCUT2D eigenvalue weighted by Gasteiger charge is 2.10. The van der Waals surface area contributed by atoms with Gasteiger partial charge in [0, 0.05) is 12.3 Å². The van der Waals surface area contributed by atoms with E-state index in [0.29, 0.717) is 11.6 Å². The summed E-state index contributed by atoms with van der Waals surface area (Å²) in [6.07, 6.45) is 1.12. The van der Waals surface area contributed by atoms with Crippen LogP contribution in [0.2, 0.25) is 0 Å². The van der Waals surface area contributed by atoms with Crippen molar-refractivity contribution < 1.29 is 19.2 Å². The largest absolute Gasteiger partial charge is 0.480 e. The lowest BCUT2D eigenvalue weighted by molar-refractivity contribution is -0.137. The molecular formula is C10H10N4O4. The van der Waals surface area contributed by atoms with E-state index in [2.05, 4.69) is 15.8 Å². The van der Waals surface area contributed by atoms with Gasteiger partial charge >= 0.3 is 5.97 Å². The zero-order valence-electron chi connectivity index (χ0n) is 9.43. The number of carboxylic acids is 1. The Labute approximate surface area is 102 Å². The molecule has 0 saturated carbocycles. The molecule has 1 aromatic heterocycles. The summed E-state index contributed by atoms with van der Waals surface area (Å²) in [5.74, 6) is -1.07. The van der Waals surface area contributed by atoms with Crippen molar-refractivity contribution in [3.05, 3.63) is 23.6 Å². The number of hydrogen-bond donors (Lipinski definition) is 3. The van der Waals surface area contributed by atoms with E-state index in [-0.39, 0.29) is 5.57 Å². The molecule has 3 N–H and O–H groups in total. The van der Waals surface area contributed by atoms with Gasteiger partial charge in [-0.15, -0.1) is 0 Å². The summed E-state index contributed by atoms with van der Waals surface area (Å²) >= 11 is 0. The Bertz CT molecular complexity index is 526. The van der Waals surface area contributed by atoms with Crippen LogP contribution in [0.1, 0.15) is 5.76 Å². The highest BCUT2D eigenvalue weighted by atomic mass is 16.5. The molecule has 0 spiro atoms. The molecule has 0 bridgehead atoms. The second-order valence-electron chi connectivity index (χ2n) is 3.21. The van der Waals surface area contributed by atoms with Gasteiger partial charge in [-0.3, -0.25) is 9.59 Å². The third kappa shape index (κ3) is 3.97. The van der Waals surface area contributed by atoms with Crippen LogP contribution in [0.4, 0.5) is 5.82 Å². The van der Waals surface area contributed by atoms with Gasteiger partial charge in [0.25, 0.3) is 5.91 Å².